The van der Waals surface area contributed by atoms with Gasteiger partial charge >= 0.3 is 11.9 Å². The molecule has 2 N–H and O–H groups in total. The van der Waals surface area contributed by atoms with Crippen molar-refractivity contribution in [2.75, 3.05) is 13.1 Å². The van der Waals surface area contributed by atoms with Crippen LogP contribution in [0.1, 0.15) is 67.7 Å². The molecule has 0 aromatic heterocycles. The second-order valence-electron chi connectivity index (χ2n) is 9.74. The van der Waals surface area contributed by atoms with E-state index in [2.05, 4.69) is 17.2 Å². The molecular weight excluding hydrogens is 417 g/mol. The molecule has 0 radical (unpaired) electrons. The van der Waals surface area contributed by atoms with Gasteiger partial charge in [0.15, 0.2) is 0 Å². The van der Waals surface area contributed by atoms with Crippen molar-refractivity contribution in [3.63, 3.8) is 0 Å². The fourth-order valence-corrected chi connectivity index (χ4v) is 3.86. The van der Waals surface area contributed by atoms with Crippen LogP contribution >= 0.6 is 0 Å². The SMILES string of the molecule is C=C[C@@H]1C[C@H](C(=O)OC(C)(C)C)N(CCNC(C)(C)NC(C)=O)[C@H]1C(=O)OC(F)CCC. The summed E-state index contributed by atoms with van der Waals surface area (Å²) in [4.78, 5) is 38.9. The Morgan fingerprint density at radius 3 is 2.34 bits per heavy atom. The summed E-state index contributed by atoms with van der Waals surface area (Å²) in [5.41, 5.74) is -1.38. The predicted octanol–water partition coefficient (Wildman–Crippen LogP) is 2.67. The Morgan fingerprint density at radius 1 is 1.22 bits per heavy atom. The number of rotatable bonds is 11. The van der Waals surface area contributed by atoms with Crippen LogP contribution in [0.5, 0.6) is 0 Å². The van der Waals surface area contributed by atoms with Crippen LogP contribution in [0.4, 0.5) is 4.39 Å². The molecule has 1 aliphatic heterocycles. The van der Waals surface area contributed by atoms with E-state index in [1.54, 1.807) is 52.5 Å². The van der Waals surface area contributed by atoms with Gasteiger partial charge in [-0.3, -0.25) is 24.6 Å². The molecule has 1 aliphatic rings. The van der Waals surface area contributed by atoms with E-state index in [1.807, 2.05) is 0 Å². The first-order valence-corrected chi connectivity index (χ1v) is 11.2. The molecule has 0 saturated carbocycles. The first-order chi connectivity index (χ1) is 14.7. The largest absolute Gasteiger partial charge is 0.459 e. The summed E-state index contributed by atoms with van der Waals surface area (Å²) < 4.78 is 24.7. The highest BCUT2D eigenvalue weighted by molar-refractivity contribution is 5.82. The number of carbonyl (C=O) groups excluding carboxylic acids is 3. The number of hydrogen-bond donors (Lipinski definition) is 2. The molecule has 1 unspecified atom stereocenters. The smallest absolute Gasteiger partial charge is 0.326 e. The van der Waals surface area contributed by atoms with Crippen LogP contribution in [0.15, 0.2) is 12.7 Å². The van der Waals surface area contributed by atoms with Crippen LogP contribution in [0.25, 0.3) is 0 Å². The number of ether oxygens (including phenoxy) is 2. The van der Waals surface area contributed by atoms with Crippen molar-refractivity contribution < 1.29 is 28.2 Å². The topological polar surface area (TPSA) is 97.0 Å². The van der Waals surface area contributed by atoms with Crippen molar-refractivity contribution in [1.29, 1.82) is 0 Å². The molecule has 4 atom stereocenters. The molecule has 1 amide bonds. The van der Waals surface area contributed by atoms with Crippen LogP contribution in [0.3, 0.4) is 0 Å². The van der Waals surface area contributed by atoms with Crippen LogP contribution in [0.2, 0.25) is 0 Å². The predicted molar refractivity (Wildman–Crippen MR) is 120 cm³/mol. The third-order valence-corrected chi connectivity index (χ3v) is 5.07. The van der Waals surface area contributed by atoms with Gasteiger partial charge in [0.25, 0.3) is 0 Å². The minimum absolute atomic E-state index is 0.110. The fraction of sp³-hybridized carbons (Fsp3) is 0.783. The fourth-order valence-electron chi connectivity index (χ4n) is 3.86. The lowest BCUT2D eigenvalue weighted by atomic mass is 9.99. The van der Waals surface area contributed by atoms with E-state index in [4.69, 9.17) is 9.47 Å². The minimum Gasteiger partial charge on any atom is -0.459 e. The first kappa shape index (κ1) is 28.0. The van der Waals surface area contributed by atoms with E-state index in [0.717, 1.165) is 0 Å². The van der Waals surface area contributed by atoms with Gasteiger partial charge in [-0.15, -0.1) is 6.58 Å². The van der Waals surface area contributed by atoms with Crippen LogP contribution in [-0.4, -0.2) is 65.5 Å². The van der Waals surface area contributed by atoms with Crippen molar-refractivity contribution >= 4 is 17.8 Å². The number of alkyl halides is 1. The maximum Gasteiger partial charge on any atom is 0.326 e. The van der Waals surface area contributed by atoms with Gasteiger partial charge < -0.3 is 14.8 Å². The molecule has 0 aliphatic carbocycles. The molecule has 1 heterocycles. The molecule has 32 heavy (non-hydrogen) atoms. The molecule has 0 aromatic carbocycles. The van der Waals surface area contributed by atoms with E-state index in [1.165, 1.54) is 6.92 Å². The lowest BCUT2D eigenvalue weighted by Crippen LogP contribution is -2.57. The van der Waals surface area contributed by atoms with E-state index < -0.39 is 47.6 Å². The van der Waals surface area contributed by atoms with Crippen LogP contribution in [-0.2, 0) is 23.9 Å². The summed E-state index contributed by atoms with van der Waals surface area (Å²) >= 11 is 0. The van der Waals surface area contributed by atoms with Gasteiger partial charge in [-0.25, -0.2) is 4.39 Å². The molecule has 1 saturated heterocycles. The Balaban J connectivity index is 3.08. The molecule has 0 bridgehead atoms. The Kier molecular flexibility index (Phi) is 10.3. The monoisotopic (exact) mass is 457 g/mol. The number of hydrogen-bond acceptors (Lipinski definition) is 7. The zero-order chi connectivity index (χ0) is 24.7. The van der Waals surface area contributed by atoms with Gasteiger partial charge in [-0.2, -0.15) is 0 Å². The second kappa shape index (κ2) is 11.7. The molecule has 184 valence electrons. The Labute approximate surface area is 191 Å². The molecule has 8 nitrogen and oxygen atoms in total. The summed E-state index contributed by atoms with van der Waals surface area (Å²) in [6.07, 6.45) is 0.871. The average Bonchev–Trinajstić information content (AvgIpc) is 2.98. The molecule has 1 fully saturated rings. The summed E-state index contributed by atoms with van der Waals surface area (Å²) in [6, 6.07) is -1.56. The van der Waals surface area contributed by atoms with Crippen molar-refractivity contribution in [3.8, 4) is 0 Å². The van der Waals surface area contributed by atoms with Gasteiger partial charge in [0.05, 0.1) is 5.66 Å². The van der Waals surface area contributed by atoms with Gasteiger partial charge in [0, 0.05) is 32.4 Å². The van der Waals surface area contributed by atoms with E-state index in [0.29, 0.717) is 19.4 Å². The van der Waals surface area contributed by atoms with Gasteiger partial charge in [-0.1, -0.05) is 13.0 Å². The Morgan fingerprint density at radius 2 is 1.84 bits per heavy atom. The number of carbonyl (C=O) groups is 3. The van der Waals surface area contributed by atoms with Crippen molar-refractivity contribution in [3.05, 3.63) is 12.7 Å². The first-order valence-electron chi connectivity index (χ1n) is 11.2. The van der Waals surface area contributed by atoms with E-state index >= 15 is 0 Å². The second-order valence-corrected chi connectivity index (χ2v) is 9.74. The van der Waals surface area contributed by atoms with Crippen LogP contribution in [0, 0.1) is 5.92 Å². The van der Waals surface area contributed by atoms with E-state index in [-0.39, 0.29) is 18.9 Å². The third kappa shape index (κ3) is 8.86. The summed E-state index contributed by atoms with van der Waals surface area (Å²) in [5, 5.41) is 5.99. The number of esters is 2. The molecule has 1 rings (SSSR count). The van der Waals surface area contributed by atoms with Crippen molar-refractivity contribution in [1.82, 2.24) is 15.5 Å². The van der Waals surface area contributed by atoms with Crippen LogP contribution < -0.4 is 10.6 Å². The highest BCUT2D eigenvalue weighted by Crippen LogP contribution is 2.33. The number of nitrogens with one attached hydrogen (secondary N) is 2. The van der Waals surface area contributed by atoms with Crippen molar-refractivity contribution in [2.45, 2.75) is 97.4 Å². The Bertz CT molecular complexity index is 677. The van der Waals surface area contributed by atoms with Gasteiger partial charge in [0.2, 0.25) is 12.3 Å². The van der Waals surface area contributed by atoms with Gasteiger partial charge in [-0.05, 0) is 47.5 Å². The third-order valence-electron chi connectivity index (χ3n) is 5.07. The molecule has 0 aromatic rings. The van der Waals surface area contributed by atoms with E-state index in [9.17, 15) is 18.8 Å². The zero-order valence-electron chi connectivity index (χ0n) is 20.5. The number of amides is 1. The number of halogens is 1. The normalized spacial score (nSPS) is 22.8. The quantitative estimate of drug-likeness (QED) is 0.280. The molecule has 9 heteroatoms. The maximum atomic E-state index is 14.0. The molecular formula is C23H40FN3O5. The lowest BCUT2D eigenvalue weighted by molar-refractivity contribution is -0.167. The average molecular weight is 458 g/mol. The zero-order valence-corrected chi connectivity index (χ0v) is 20.5. The number of nitrogens with zero attached hydrogens (tertiary/aromatic N) is 1. The minimum atomic E-state index is -1.70. The summed E-state index contributed by atoms with van der Waals surface area (Å²) in [5.74, 6) is -1.75. The standard InChI is InChI=1S/C23H40FN3O5/c1-9-11-18(24)31-21(30)19-16(10-2)14-17(20(29)32-22(4,5)6)27(19)13-12-25-23(7,8)26-15(3)28/h10,16-19,25H,2,9,11-14H2,1,3-8H3,(H,26,28)/t16-,17-,18?,19-/m1/s1. The summed E-state index contributed by atoms with van der Waals surface area (Å²) in [7, 11) is 0. The highest BCUT2D eigenvalue weighted by Gasteiger charge is 2.49. The summed E-state index contributed by atoms with van der Waals surface area (Å²) in [6.45, 7) is 16.6. The Hall–Kier alpha value is -2.00. The molecule has 0 spiro atoms. The van der Waals surface area contributed by atoms with Crippen molar-refractivity contribution in [2.24, 2.45) is 5.92 Å². The lowest BCUT2D eigenvalue weighted by Gasteiger charge is -2.33. The van der Waals surface area contributed by atoms with Gasteiger partial charge in [0.1, 0.15) is 17.7 Å². The highest BCUT2D eigenvalue weighted by atomic mass is 19.1. The number of likely N-dealkylation sites (tertiary alicyclic amines) is 1. The maximum absolute atomic E-state index is 14.0.